The van der Waals surface area contributed by atoms with Crippen LogP contribution in [-0.4, -0.2) is 31.0 Å². The molecule has 0 heterocycles. The summed E-state index contributed by atoms with van der Waals surface area (Å²) in [4.78, 5) is 36.6. The Morgan fingerprint density at radius 3 is 2.35 bits per heavy atom. The second-order valence-electron chi connectivity index (χ2n) is 6.97. The quantitative estimate of drug-likeness (QED) is 0.610. The zero-order valence-corrected chi connectivity index (χ0v) is 16.2. The molecular weight excluding hydrogens is 408 g/mol. The number of ether oxygens (including phenoxy) is 2. The number of imide groups is 1. The van der Waals surface area contributed by atoms with Gasteiger partial charge >= 0.3 is 12.6 Å². The molecule has 1 aliphatic carbocycles. The van der Waals surface area contributed by atoms with Crippen molar-refractivity contribution in [2.24, 2.45) is 0 Å². The molecule has 0 atom stereocenters. The van der Waals surface area contributed by atoms with Gasteiger partial charge in [0.25, 0.3) is 11.8 Å². The Kier molecular flexibility index (Phi) is 5.62. The number of carbonyl (C=O) groups is 3. The van der Waals surface area contributed by atoms with E-state index >= 15 is 0 Å². The van der Waals surface area contributed by atoms with Crippen molar-refractivity contribution >= 4 is 28.6 Å². The van der Waals surface area contributed by atoms with Gasteiger partial charge in [0.1, 0.15) is 5.75 Å². The Morgan fingerprint density at radius 2 is 1.65 bits per heavy atom. The lowest BCUT2D eigenvalue weighted by Gasteiger charge is -2.10. The minimum Gasteiger partial charge on any atom is -0.452 e. The topological polar surface area (TPSA) is 81.7 Å². The first-order valence-electron chi connectivity index (χ1n) is 9.52. The van der Waals surface area contributed by atoms with E-state index in [-0.39, 0.29) is 11.3 Å². The monoisotopic (exact) mass is 425 g/mol. The fourth-order valence-electron chi connectivity index (χ4n) is 3.66. The first kappa shape index (κ1) is 20.5. The molecule has 158 valence electrons. The van der Waals surface area contributed by atoms with Crippen molar-refractivity contribution in [3.05, 3.63) is 76.9 Å². The molecule has 0 aliphatic heterocycles. The molecule has 0 spiro atoms. The predicted octanol–water partition coefficient (Wildman–Crippen LogP) is 3.65. The van der Waals surface area contributed by atoms with Crippen molar-refractivity contribution in [2.75, 3.05) is 6.61 Å². The van der Waals surface area contributed by atoms with Crippen molar-refractivity contribution in [1.29, 1.82) is 0 Å². The maximum atomic E-state index is 12.5. The van der Waals surface area contributed by atoms with Gasteiger partial charge in [-0.25, -0.2) is 4.79 Å². The Labute approximate surface area is 175 Å². The number of nitrogens with one attached hydrogen (secondary N) is 1. The maximum Gasteiger partial charge on any atom is 0.387 e. The molecule has 4 rings (SSSR count). The highest BCUT2D eigenvalue weighted by atomic mass is 19.3. The predicted molar refractivity (Wildman–Crippen MR) is 107 cm³/mol. The number of hydrogen-bond acceptors (Lipinski definition) is 5. The van der Waals surface area contributed by atoms with E-state index in [0.717, 1.165) is 23.6 Å². The minimum atomic E-state index is -2.98. The molecule has 6 nitrogen and oxygen atoms in total. The van der Waals surface area contributed by atoms with Gasteiger partial charge in [0.15, 0.2) is 6.61 Å². The van der Waals surface area contributed by atoms with Crippen LogP contribution < -0.4 is 10.1 Å². The highest BCUT2D eigenvalue weighted by Gasteiger charge is 2.20. The molecule has 3 aromatic carbocycles. The summed E-state index contributed by atoms with van der Waals surface area (Å²) in [6.07, 6.45) is 1.84. The highest BCUT2D eigenvalue weighted by Crippen LogP contribution is 2.33. The molecule has 0 saturated heterocycles. The van der Waals surface area contributed by atoms with E-state index in [4.69, 9.17) is 4.74 Å². The molecule has 0 unspecified atom stereocenters. The van der Waals surface area contributed by atoms with E-state index < -0.39 is 31.0 Å². The van der Waals surface area contributed by atoms with Gasteiger partial charge in [0.05, 0.1) is 5.56 Å². The Hall–Kier alpha value is -3.81. The average molecular weight is 425 g/mol. The van der Waals surface area contributed by atoms with Gasteiger partial charge < -0.3 is 9.47 Å². The molecule has 2 amide bonds. The summed E-state index contributed by atoms with van der Waals surface area (Å²) < 4.78 is 33.6. The molecule has 1 N–H and O–H groups in total. The largest absolute Gasteiger partial charge is 0.452 e. The lowest BCUT2D eigenvalue weighted by atomic mass is 10.00. The van der Waals surface area contributed by atoms with E-state index in [0.29, 0.717) is 5.56 Å². The minimum absolute atomic E-state index is 0.0637. The molecule has 0 saturated carbocycles. The van der Waals surface area contributed by atoms with Crippen LogP contribution in [-0.2, 0) is 22.4 Å². The van der Waals surface area contributed by atoms with Crippen molar-refractivity contribution < 1.29 is 32.6 Å². The first-order chi connectivity index (χ1) is 14.9. The van der Waals surface area contributed by atoms with Gasteiger partial charge in [0, 0.05) is 5.56 Å². The van der Waals surface area contributed by atoms with Gasteiger partial charge in [-0.3, -0.25) is 14.9 Å². The van der Waals surface area contributed by atoms with E-state index in [2.05, 4.69) is 10.1 Å². The van der Waals surface area contributed by atoms with Crippen LogP contribution in [0.5, 0.6) is 5.75 Å². The Bertz CT molecular complexity index is 1160. The maximum absolute atomic E-state index is 12.5. The summed E-state index contributed by atoms with van der Waals surface area (Å²) in [7, 11) is 0. The molecule has 31 heavy (non-hydrogen) atoms. The second-order valence-corrected chi connectivity index (χ2v) is 6.97. The smallest absolute Gasteiger partial charge is 0.387 e. The number of rotatable bonds is 6. The summed E-state index contributed by atoms with van der Waals surface area (Å²) >= 11 is 0. The second kappa shape index (κ2) is 8.51. The number of esters is 1. The number of alkyl halides is 2. The number of aryl methyl sites for hydroxylation is 2. The van der Waals surface area contributed by atoms with Gasteiger partial charge in [-0.2, -0.15) is 8.78 Å². The molecule has 0 aromatic heterocycles. The Morgan fingerprint density at radius 1 is 0.935 bits per heavy atom. The molecule has 0 bridgehead atoms. The fraction of sp³-hybridized carbons (Fsp3) is 0.174. The van der Waals surface area contributed by atoms with Gasteiger partial charge in [-0.15, -0.1) is 0 Å². The summed E-state index contributed by atoms with van der Waals surface area (Å²) in [6.45, 7) is -3.62. The van der Waals surface area contributed by atoms with E-state index in [9.17, 15) is 23.2 Å². The number of carbonyl (C=O) groups excluding carboxylic acids is 3. The lowest BCUT2D eigenvalue weighted by Crippen LogP contribution is -2.34. The van der Waals surface area contributed by atoms with Crippen molar-refractivity contribution in [3.63, 3.8) is 0 Å². The molecule has 8 heteroatoms. The third kappa shape index (κ3) is 4.37. The van der Waals surface area contributed by atoms with E-state index in [1.54, 1.807) is 6.07 Å². The van der Waals surface area contributed by atoms with Crippen LogP contribution in [0, 0.1) is 0 Å². The van der Waals surface area contributed by atoms with E-state index in [1.165, 1.54) is 35.4 Å². The molecule has 1 aliphatic rings. The zero-order chi connectivity index (χ0) is 22.0. The number of halogens is 2. The molecular formula is C23H17F2NO5. The van der Waals surface area contributed by atoms with Crippen LogP contribution in [0.2, 0.25) is 0 Å². The van der Waals surface area contributed by atoms with Crippen LogP contribution >= 0.6 is 0 Å². The van der Waals surface area contributed by atoms with Crippen molar-refractivity contribution in [1.82, 2.24) is 5.32 Å². The fourth-order valence-corrected chi connectivity index (χ4v) is 3.66. The Balaban J connectivity index is 1.37. The van der Waals surface area contributed by atoms with Crippen LogP contribution in [0.4, 0.5) is 8.78 Å². The van der Waals surface area contributed by atoms with Crippen LogP contribution in [0.3, 0.4) is 0 Å². The summed E-state index contributed by atoms with van der Waals surface area (Å²) in [6, 6.07) is 14.2. The van der Waals surface area contributed by atoms with Crippen LogP contribution in [0.1, 0.15) is 31.8 Å². The summed E-state index contributed by atoms with van der Waals surface area (Å²) in [5.41, 5.74) is 2.77. The van der Waals surface area contributed by atoms with Gasteiger partial charge in [0.2, 0.25) is 0 Å². The average Bonchev–Trinajstić information content (AvgIpc) is 3.17. The number of hydrogen-bond donors (Lipinski definition) is 1. The highest BCUT2D eigenvalue weighted by molar-refractivity contribution is 6.08. The normalized spacial score (nSPS) is 12.1. The summed E-state index contributed by atoms with van der Waals surface area (Å²) in [5, 5.41) is 3.91. The van der Waals surface area contributed by atoms with Gasteiger partial charge in [-0.1, -0.05) is 24.3 Å². The number of amides is 2. The SMILES string of the molecule is O=C(COC(=O)c1ccc2c3c(cccc13)CC2)NC(=O)c1ccc(OC(F)F)cc1. The molecule has 0 fully saturated rings. The third-order valence-corrected chi connectivity index (χ3v) is 5.03. The lowest BCUT2D eigenvalue weighted by molar-refractivity contribution is -0.123. The first-order valence-corrected chi connectivity index (χ1v) is 9.52. The summed E-state index contributed by atoms with van der Waals surface area (Å²) in [5.74, 6) is -2.34. The van der Waals surface area contributed by atoms with Crippen LogP contribution in [0.15, 0.2) is 54.6 Å². The van der Waals surface area contributed by atoms with Crippen molar-refractivity contribution in [2.45, 2.75) is 19.5 Å². The standard InChI is InChI=1S/C23H17F2NO5/c24-23(25)31-16-9-6-15(7-10-16)21(28)26-19(27)12-30-22(29)18-11-8-14-5-4-13-2-1-3-17(18)20(13)14/h1-3,6-11,23H,4-5,12H2,(H,26,27,28). The van der Waals surface area contributed by atoms with E-state index in [1.807, 2.05) is 24.3 Å². The molecule has 0 radical (unpaired) electrons. The third-order valence-electron chi connectivity index (χ3n) is 5.03. The zero-order valence-electron chi connectivity index (χ0n) is 16.2. The number of benzene rings is 3. The van der Waals surface area contributed by atoms with Crippen LogP contribution in [0.25, 0.3) is 10.8 Å². The van der Waals surface area contributed by atoms with Crippen molar-refractivity contribution in [3.8, 4) is 5.75 Å². The van der Waals surface area contributed by atoms with Gasteiger partial charge in [-0.05, 0) is 65.1 Å². The molecule has 3 aromatic rings.